The molecule has 88 valence electrons. The van der Waals surface area contributed by atoms with Crippen molar-refractivity contribution in [2.75, 3.05) is 12.8 Å². The van der Waals surface area contributed by atoms with E-state index in [0.717, 1.165) is 11.3 Å². The Labute approximate surface area is 104 Å². The van der Waals surface area contributed by atoms with Crippen molar-refractivity contribution in [1.82, 2.24) is 9.97 Å². The van der Waals surface area contributed by atoms with Gasteiger partial charge in [-0.15, -0.1) is 0 Å². The van der Waals surface area contributed by atoms with Gasteiger partial charge in [0.25, 0.3) is 0 Å². The molecule has 0 aliphatic carbocycles. The Morgan fingerprint density at radius 1 is 1.29 bits per heavy atom. The lowest BCUT2D eigenvalue weighted by atomic mass is 10.2. The number of anilines is 1. The molecule has 2 aromatic rings. The lowest BCUT2D eigenvalue weighted by Gasteiger charge is -2.05. The molecule has 4 nitrogen and oxygen atoms in total. The monoisotopic (exact) mass is 249 g/mol. The van der Waals surface area contributed by atoms with Crippen molar-refractivity contribution < 1.29 is 4.74 Å². The Kier molecular flexibility index (Phi) is 3.56. The van der Waals surface area contributed by atoms with Crippen LogP contribution in [0.25, 0.3) is 11.4 Å². The van der Waals surface area contributed by atoms with Gasteiger partial charge < -0.3 is 10.5 Å². The Morgan fingerprint density at radius 3 is 2.82 bits per heavy atom. The molecule has 0 unspecified atom stereocenters. The number of hydrogen-bond donors (Lipinski definition) is 1. The molecule has 17 heavy (non-hydrogen) atoms. The number of hydrogen-bond acceptors (Lipinski definition) is 4. The number of methoxy groups -OCH3 is 1. The van der Waals surface area contributed by atoms with Crippen LogP contribution in [-0.2, 0) is 11.3 Å². The van der Waals surface area contributed by atoms with E-state index in [4.69, 9.17) is 22.1 Å². The molecule has 1 aromatic heterocycles. The van der Waals surface area contributed by atoms with E-state index in [2.05, 4.69) is 9.97 Å². The van der Waals surface area contributed by atoms with Gasteiger partial charge in [-0.25, -0.2) is 9.97 Å². The standard InChI is InChI=1S/C12H12ClN3O/c1-17-7-10-6-11(14)16-12(15-10)8-3-2-4-9(13)5-8/h2-6H,7H2,1H3,(H2,14,15,16). The zero-order chi connectivity index (χ0) is 12.3. The fourth-order valence-electron chi connectivity index (χ4n) is 1.50. The van der Waals surface area contributed by atoms with Crippen molar-refractivity contribution in [2.45, 2.75) is 6.61 Å². The smallest absolute Gasteiger partial charge is 0.161 e. The fourth-order valence-corrected chi connectivity index (χ4v) is 1.69. The molecule has 0 radical (unpaired) electrons. The van der Waals surface area contributed by atoms with E-state index in [1.165, 1.54) is 0 Å². The van der Waals surface area contributed by atoms with E-state index in [1.807, 2.05) is 12.1 Å². The number of rotatable bonds is 3. The summed E-state index contributed by atoms with van der Waals surface area (Å²) in [4.78, 5) is 8.54. The fraction of sp³-hybridized carbons (Fsp3) is 0.167. The summed E-state index contributed by atoms with van der Waals surface area (Å²) in [6.07, 6.45) is 0. The van der Waals surface area contributed by atoms with Gasteiger partial charge >= 0.3 is 0 Å². The maximum atomic E-state index is 5.92. The second-order valence-corrected chi connectivity index (χ2v) is 3.99. The summed E-state index contributed by atoms with van der Waals surface area (Å²) < 4.78 is 5.03. The van der Waals surface area contributed by atoms with E-state index in [0.29, 0.717) is 23.3 Å². The van der Waals surface area contributed by atoms with Crippen LogP contribution in [0, 0.1) is 0 Å². The lowest BCUT2D eigenvalue weighted by molar-refractivity contribution is 0.181. The zero-order valence-electron chi connectivity index (χ0n) is 9.35. The highest BCUT2D eigenvalue weighted by Gasteiger charge is 2.05. The first-order valence-corrected chi connectivity index (χ1v) is 5.45. The van der Waals surface area contributed by atoms with Crippen molar-refractivity contribution in [3.63, 3.8) is 0 Å². The van der Waals surface area contributed by atoms with E-state index in [1.54, 1.807) is 25.3 Å². The second kappa shape index (κ2) is 5.12. The molecule has 1 aromatic carbocycles. The van der Waals surface area contributed by atoms with Gasteiger partial charge in [0, 0.05) is 23.8 Å². The number of nitrogens with two attached hydrogens (primary N) is 1. The third-order valence-electron chi connectivity index (χ3n) is 2.17. The van der Waals surface area contributed by atoms with E-state index < -0.39 is 0 Å². The van der Waals surface area contributed by atoms with Crippen molar-refractivity contribution in [3.8, 4) is 11.4 Å². The first-order chi connectivity index (χ1) is 8.19. The van der Waals surface area contributed by atoms with E-state index in [9.17, 15) is 0 Å². The van der Waals surface area contributed by atoms with Crippen LogP contribution in [0.2, 0.25) is 5.02 Å². The minimum atomic E-state index is 0.403. The molecule has 1 heterocycles. The number of aromatic nitrogens is 2. The summed E-state index contributed by atoms with van der Waals surface area (Å²) in [5, 5.41) is 0.641. The summed E-state index contributed by atoms with van der Waals surface area (Å²) in [5.74, 6) is 0.974. The second-order valence-electron chi connectivity index (χ2n) is 3.55. The summed E-state index contributed by atoms with van der Waals surface area (Å²) in [5.41, 5.74) is 7.31. The molecule has 0 fully saturated rings. The molecule has 2 N–H and O–H groups in total. The van der Waals surface area contributed by atoms with Crippen molar-refractivity contribution in [1.29, 1.82) is 0 Å². The Hall–Kier alpha value is -1.65. The van der Waals surface area contributed by atoms with Crippen LogP contribution >= 0.6 is 11.6 Å². The minimum Gasteiger partial charge on any atom is -0.384 e. The molecule has 0 bridgehead atoms. The van der Waals surface area contributed by atoms with Crippen molar-refractivity contribution in [3.05, 3.63) is 41.0 Å². The number of benzene rings is 1. The quantitative estimate of drug-likeness (QED) is 0.908. The first kappa shape index (κ1) is 11.8. The molecule has 0 spiro atoms. The normalized spacial score (nSPS) is 10.5. The van der Waals surface area contributed by atoms with Crippen LogP contribution in [0.3, 0.4) is 0 Å². The van der Waals surface area contributed by atoms with Gasteiger partial charge in [0.15, 0.2) is 5.82 Å². The molecule has 0 saturated carbocycles. The van der Waals surface area contributed by atoms with Crippen LogP contribution < -0.4 is 5.73 Å². The van der Waals surface area contributed by atoms with Gasteiger partial charge in [0.05, 0.1) is 12.3 Å². The topological polar surface area (TPSA) is 61.0 Å². The molecule has 2 rings (SSSR count). The Balaban J connectivity index is 2.44. The van der Waals surface area contributed by atoms with Crippen molar-refractivity contribution in [2.24, 2.45) is 0 Å². The van der Waals surface area contributed by atoms with Crippen LogP contribution in [0.5, 0.6) is 0 Å². The Morgan fingerprint density at radius 2 is 2.12 bits per heavy atom. The van der Waals surface area contributed by atoms with Gasteiger partial charge in [0.1, 0.15) is 5.82 Å². The summed E-state index contributed by atoms with van der Waals surface area (Å²) >= 11 is 5.92. The average molecular weight is 250 g/mol. The van der Waals surface area contributed by atoms with Gasteiger partial charge in [-0.3, -0.25) is 0 Å². The highest BCUT2D eigenvalue weighted by Crippen LogP contribution is 2.20. The molecule has 0 amide bonds. The molecule has 0 aliphatic heterocycles. The van der Waals surface area contributed by atoms with Crippen LogP contribution in [0.15, 0.2) is 30.3 Å². The molecule has 5 heteroatoms. The van der Waals surface area contributed by atoms with Gasteiger partial charge in [0.2, 0.25) is 0 Å². The van der Waals surface area contributed by atoms with E-state index >= 15 is 0 Å². The largest absolute Gasteiger partial charge is 0.384 e. The van der Waals surface area contributed by atoms with Crippen LogP contribution in [0.4, 0.5) is 5.82 Å². The highest BCUT2D eigenvalue weighted by molar-refractivity contribution is 6.30. The molecular formula is C12H12ClN3O. The van der Waals surface area contributed by atoms with Crippen LogP contribution in [-0.4, -0.2) is 17.1 Å². The number of ether oxygens (including phenoxy) is 1. The summed E-state index contributed by atoms with van der Waals surface area (Å²) in [7, 11) is 1.61. The molecule has 0 saturated heterocycles. The maximum Gasteiger partial charge on any atom is 0.161 e. The Bertz CT molecular complexity index is 531. The highest BCUT2D eigenvalue weighted by atomic mass is 35.5. The first-order valence-electron chi connectivity index (χ1n) is 5.07. The zero-order valence-corrected chi connectivity index (χ0v) is 10.1. The van der Waals surface area contributed by atoms with Crippen LogP contribution in [0.1, 0.15) is 5.69 Å². The third-order valence-corrected chi connectivity index (χ3v) is 2.41. The minimum absolute atomic E-state index is 0.403. The van der Waals surface area contributed by atoms with E-state index in [-0.39, 0.29) is 0 Å². The molecular weight excluding hydrogens is 238 g/mol. The van der Waals surface area contributed by atoms with Crippen molar-refractivity contribution >= 4 is 17.4 Å². The third kappa shape index (κ3) is 2.93. The van der Waals surface area contributed by atoms with Gasteiger partial charge in [-0.2, -0.15) is 0 Å². The number of nitrogen functional groups attached to an aromatic ring is 1. The maximum absolute atomic E-state index is 5.92. The summed E-state index contributed by atoms with van der Waals surface area (Å²) in [6.45, 7) is 0.403. The van der Waals surface area contributed by atoms with Gasteiger partial charge in [-0.1, -0.05) is 23.7 Å². The predicted octanol–water partition coefficient (Wildman–Crippen LogP) is 2.53. The molecule has 0 aliphatic rings. The number of nitrogens with zero attached hydrogens (tertiary/aromatic N) is 2. The average Bonchev–Trinajstić information content (AvgIpc) is 2.28. The van der Waals surface area contributed by atoms with Gasteiger partial charge in [-0.05, 0) is 12.1 Å². The SMILES string of the molecule is COCc1cc(N)nc(-c2cccc(Cl)c2)n1. The predicted molar refractivity (Wildman–Crippen MR) is 67.6 cm³/mol. The number of halogens is 1. The lowest BCUT2D eigenvalue weighted by Crippen LogP contribution is -2.01. The summed E-state index contributed by atoms with van der Waals surface area (Å²) in [6, 6.07) is 9.02. The molecule has 0 atom stereocenters.